The lowest BCUT2D eigenvalue weighted by Gasteiger charge is -2.05. The van der Waals surface area contributed by atoms with Crippen molar-refractivity contribution in [1.82, 2.24) is 0 Å². The number of nitrogens with zero attached hydrogens (tertiary/aromatic N) is 1. The van der Waals surface area contributed by atoms with E-state index in [2.05, 4.69) is 18.3 Å². The fourth-order valence-electron chi connectivity index (χ4n) is 1.78. The number of unbranched alkanes of at least 4 members (excludes halogenated alkanes) is 2. The summed E-state index contributed by atoms with van der Waals surface area (Å²) in [5, 5.41) is 11.6. The van der Waals surface area contributed by atoms with Crippen molar-refractivity contribution in [2.45, 2.75) is 39.0 Å². The van der Waals surface area contributed by atoms with E-state index in [0.717, 1.165) is 12.2 Å². The van der Waals surface area contributed by atoms with Gasteiger partial charge in [0.2, 0.25) is 5.91 Å². The summed E-state index contributed by atoms with van der Waals surface area (Å²) in [7, 11) is 0. The molecule has 1 aromatic carbocycles. The summed E-state index contributed by atoms with van der Waals surface area (Å²) in [6.45, 7) is 2.20. The van der Waals surface area contributed by atoms with Crippen molar-refractivity contribution in [1.29, 1.82) is 5.26 Å². The van der Waals surface area contributed by atoms with E-state index >= 15 is 0 Å². The molecule has 0 aromatic heterocycles. The first-order valence-electron chi connectivity index (χ1n) is 7.14. The lowest BCUT2D eigenvalue weighted by molar-refractivity contribution is -0.116. The normalized spacial score (nSPS) is 10.0. The first kappa shape index (κ1) is 16.6. The molecule has 1 aromatic rings. The molecule has 108 valence electrons. The van der Waals surface area contributed by atoms with Crippen LogP contribution in [0.25, 0.3) is 0 Å². The molecule has 0 fully saturated rings. The van der Waals surface area contributed by atoms with Gasteiger partial charge in [0, 0.05) is 12.1 Å². The summed E-state index contributed by atoms with van der Waals surface area (Å²) in [6, 6.07) is 9.06. The molecule has 1 rings (SSSR count). The van der Waals surface area contributed by atoms with Gasteiger partial charge in [-0.05, 0) is 42.5 Å². The van der Waals surface area contributed by atoms with Crippen LogP contribution in [0.15, 0.2) is 24.3 Å². The number of nitrogens with one attached hydrogen (secondary N) is 1. The number of anilines is 1. The second kappa shape index (κ2) is 10.3. The number of thioether (sulfide) groups is 1. The number of amides is 1. The molecule has 3 nitrogen and oxygen atoms in total. The molecule has 0 saturated heterocycles. The van der Waals surface area contributed by atoms with Crippen molar-refractivity contribution >= 4 is 23.4 Å². The van der Waals surface area contributed by atoms with E-state index in [9.17, 15) is 4.79 Å². The van der Waals surface area contributed by atoms with E-state index < -0.39 is 0 Å². The van der Waals surface area contributed by atoms with Gasteiger partial charge in [0.05, 0.1) is 11.6 Å². The monoisotopic (exact) mass is 290 g/mol. The molecule has 1 amide bonds. The molecule has 0 radical (unpaired) electrons. The van der Waals surface area contributed by atoms with Gasteiger partial charge in [0.1, 0.15) is 0 Å². The Kier molecular flexibility index (Phi) is 8.57. The number of nitriles is 1. The topological polar surface area (TPSA) is 52.9 Å². The van der Waals surface area contributed by atoms with Crippen molar-refractivity contribution < 1.29 is 4.79 Å². The molecule has 0 aliphatic heterocycles. The van der Waals surface area contributed by atoms with E-state index in [4.69, 9.17) is 5.26 Å². The Balaban J connectivity index is 2.15. The van der Waals surface area contributed by atoms with E-state index in [0.29, 0.717) is 17.7 Å². The molecule has 0 aliphatic rings. The Hall–Kier alpha value is -1.47. The van der Waals surface area contributed by atoms with Crippen LogP contribution in [-0.4, -0.2) is 17.4 Å². The summed E-state index contributed by atoms with van der Waals surface area (Å²) >= 11 is 1.92. The summed E-state index contributed by atoms with van der Waals surface area (Å²) in [4.78, 5) is 11.7. The van der Waals surface area contributed by atoms with Crippen LogP contribution in [0, 0.1) is 11.3 Å². The van der Waals surface area contributed by atoms with E-state index in [1.165, 1.54) is 25.0 Å². The Morgan fingerprint density at radius 1 is 1.30 bits per heavy atom. The molecule has 0 spiro atoms. The van der Waals surface area contributed by atoms with Crippen LogP contribution in [0.4, 0.5) is 5.69 Å². The second-order valence-electron chi connectivity index (χ2n) is 4.66. The zero-order chi connectivity index (χ0) is 14.6. The zero-order valence-corrected chi connectivity index (χ0v) is 12.8. The minimum Gasteiger partial charge on any atom is -0.326 e. The van der Waals surface area contributed by atoms with Crippen molar-refractivity contribution in [2.24, 2.45) is 0 Å². The van der Waals surface area contributed by atoms with Gasteiger partial charge in [0.25, 0.3) is 0 Å². The third kappa shape index (κ3) is 7.20. The Morgan fingerprint density at radius 2 is 2.10 bits per heavy atom. The SMILES string of the molecule is CCCCCSCCCC(=O)Nc1cccc(C#N)c1. The largest absolute Gasteiger partial charge is 0.326 e. The van der Waals surface area contributed by atoms with E-state index in [1.54, 1.807) is 24.3 Å². The maximum absolute atomic E-state index is 11.7. The van der Waals surface area contributed by atoms with E-state index in [-0.39, 0.29) is 5.91 Å². The third-order valence-corrected chi connectivity index (χ3v) is 4.01. The predicted molar refractivity (Wildman–Crippen MR) is 85.9 cm³/mol. The standard InChI is InChI=1S/C16H22N2OS/c1-2-3-4-10-20-11-6-9-16(19)18-15-8-5-7-14(12-15)13-17/h5,7-8,12H,2-4,6,9-11H2,1H3,(H,18,19). The first-order chi connectivity index (χ1) is 9.76. The van der Waals surface area contributed by atoms with Gasteiger partial charge in [-0.2, -0.15) is 17.0 Å². The fourth-order valence-corrected chi connectivity index (χ4v) is 2.74. The average molecular weight is 290 g/mol. The van der Waals surface area contributed by atoms with Crippen molar-refractivity contribution in [3.63, 3.8) is 0 Å². The molecule has 4 heteroatoms. The number of carbonyl (C=O) groups excluding carboxylic acids is 1. The minimum atomic E-state index is 0.0225. The highest BCUT2D eigenvalue weighted by Gasteiger charge is 2.03. The Morgan fingerprint density at radius 3 is 2.85 bits per heavy atom. The fraction of sp³-hybridized carbons (Fsp3) is 0.500. The maximum atomic E-state index is 11.7. The highest BCUT2D eigenvalue weighted by molar-refractivity contribution is 7.99. The highest BCUT2D eigenvalue weighted by Crippen LogP contribution is 2.12. The number of hydrogen-bond acceptors (Lipinski definition) is 3. The van der Waals surface area contributed by atoms with Crippen LogP contribution in [0.2, 0.25) is 0 Å². The molecule has 0 saturated carbocycles. The van der Waals surface area contributed by atoms with Gasteiger partial charge in [-0.3, -0.25) is 4.79 Å². The zero-order valence-electron chi connectivity index (χ0n) is 12.0. The number of benzene rings is 1. The molecule has 0 heterocycles. The lowest BCUT2D eigenvalue weighted by atomic mass is 10.2. The first-order valence-corrected chi connectivity index (χ1v) is 8.29. The van der Waals surface area contributed by atoms with Crippen LogP contribution >= 0.6 is 11.8 Å². The van der Waals surface area contributed by atoms with Gasteiger partial charge in [-0.1, -0.05) is 25.8 Å². The molecule has 0 aliphatic carbocycles. The number of rotatable bonds is 9. The molecular weight excluding hydrogens is 268 g/mol. The Labute approximate surface area is 125 Å². The maximum Gasteiger partial charge on any atom is 0.224 e. The van der Waals surface area contributed by atoms with Gasteiger partial charge < -0.3 is 5.32 Å². The molecule has 0 atom stereocenters. The smallest absolute Gasteiger partial charge is 0.224 e. The number of carbonyl (C=O) groups is 1. The molecular formula is C16H22N2OS. The summed E-state index contributed by atoms with van der Waals surface area (Å²) < 4.78 is 0. The van der Waals surface area contributed by atoms with Crippen LogP contribution in [-0.2, 0) is 4.79 Å². The van der Waals surface area contributed by atoms with Crippen molar-refractivity contribution in [3.05, 3.63) is 29.8 Å². The van der Waals surface area contributed by atoms with Crippen molar-refractivity contribution in [3.8, 4) is 6.07 Å². The quantitative estimate of drug-likeness (QED) is 0.693. The number of hydrogen-bond donors (Lipinski definition) is 1. The third-order valence-electron chi connectivity index (χ3n) is 2.86. The van der Waals surface area contributed by atoms with Crippen LogP contribution in [0.1, 0.15) is 44.6 Å². The molecule has 0 unspecified atom stereocenters. The van der Waals surface area contributed by atoms with E-state index in [1.807, 2.05) is 11.8 Å². The molecule has 1 N–H and O–H groups in total. The lowest BCUT2D eigenvalue weighted by Crippen LogP contribution is -2.11. The van der Waals surface area contributed by atoms with Gasteiger partial charge >= 0.3 is 0 Å². The minimum absolute atomic E-state index is 0.0225. The molecule has 20 heavy (non-hydrogen) atoms. The summed E-state index contributed by atoms with van der Waals surface area (Å²) in [5.74, 6) is 2.25. The second-order valence-corrected chi connectivity index (χ2v) is 5.89. The van der Waals surface area contributed by atoms with Gasteiger partial charge in [0.15, 0.2) is 0 Å². The molecule has 0 bridgehead atoms. The summed E-state index contributed by atoms with van der Waals surface area (Å²) in [5.41, 5.74) is 1.26. The van der Waals surface area contributed by atoms with Gasteiger partial charge in [-0.15, -0.1) is 0 Å². The van der Waals surface area contributed by atoms with Crippen molar-refractivity contribution in [2.75, 3.05) is 16.8 Å². The van der Waals surface area contributed by atoms with Crippen LogP contribution < -0.4 is 5.32 Å². The van der Waals surface area contributed by atoms with Gasteiger partial charge in [-0.25, -0.2) is 0 Å². The Bertz CT molecular complexity index is 454. The summed E-state index contributed by atoms with van der Waals surface area (Å²) in [6.07, 6.45) is 5.26. The highest BCUT2D eigenvalue weighted by atomic mass is 32.2. The average Bonchev–Trinajstić information content (AvgIpc) is 2.46. The predicted octanol–water partition coefficient (Wildman–Crippen LogP) is 4.20. The van der Waals surface area contributed by atoms with Crippen LogP contribution in [0.3, 0.4) is 0 Å². The van der Waals surface area contributed by atoms with Crippen LogP contribution in [0.5, 0.6) is 0 Å².